The Morgan fingerprint density at radius 2 is 1.87 bits per heavy atom. The molecule has 15 heavy (non-hydrogen) atoms. The van der Waals surface area contributed by atoms with Crippen LogP contribution in [-0.4, -0.2) is 4.98 Å². The molecule has 1 aromatic carbocycles. The third-order valence-corrected chi connectivity index (χ3v) is 3.12. The molecule has 0 unspecified atom stereocenters. The van der Waals surface area contributed by atoms with E-state index in [9.17, 15) is 0 Å². The van der Waals surface area contributed by atoms with Gasteiger partial charge in [-0.25, -0.2) is 4.98 Å². The predicted molar refractivity (Wildman–Crippen MR) is 64.7 cm³/mol. The van der Waals surface area contributed by atoms with Crippen molar-refractivity contribution in [2.45, 2.75) is 10.6 Å². The number of nitrogens with zero attached hydrogens (tertiary/aromatic N) is 1. The van der Waals surface area contributed by atoms with Gasteiger partial charge in [-0.3, -0.25) is 0 Å². The lowest BCUT2D eigenvalue weighted by atomic mass is 10.3. The Hall–Kier alpha value is -1.48. The smallest absolute Gasteiger partial charge is 0.127 e. The zero-order valence-electron chi connectivity index (χ0n) is 8.26. The van der Waals surface area contributed by atoms with E-state index in [0.717, 1.165) is 11.3 Å². The predicted octanol–water partition coefficient (Wildman–Crippen LogP) is 2.96. The van der Waals surface area contributed by atoms with Gasteiger partial charge in [-0.15, -0.1) is 11.8 Å². The molecule has 0 fully saturated rings. The normalized spacial score (nSPS) is 10.1. The number of pyridine rings is 1. The Bertz CT molecular complexity index is 429. The Balaban J connectivity index is 2.03. The molecule has 0 aliphatic rings. The van der Waals surface area contributed by atoms with Gasteiger partial charge in [0.15, 0.2) is 0 Å². The minimum atomic E-state index is 0.626. The maximum absolute atomic E-state index is 5.76. The van der Waals surface area contributed by atoms with Crippen LogP contribution in [0.1, 0.15) is 5.56 Å². The van der Waals surface area contributed by atoms with Crippen LogP contribution >= 0.6 is 11.8 Å². The minimum absolute atomic E-state index is 0.626. The van der Waals surface area contributed by atoms with E-state index in [-0.39, 0.29) is 0 Å². The number of nitrogens with two attached hydrogens (primary N) is 1. The second-order valence-corrected chi connectivity index (χ2v) is 4.20. The first-order valence-electron chi connectivity index (χ1n) is 4.73. The lowest BCUT2D eigenvalue weighted by Gasteiger charge is -2.03. The van der Waals surface area contributed by atoms with E-state index < -0.39 is 0 Å². The molecular formula is C12H12N2S. The van der Waals surface area contributed by atoms with Gasteiger partial charge in [0.2, 0.25) is 0 Å². The maximum Gasteiger partial charge on any atom is 0.127 e. The highest BCUT2D eigenvalue weighted by molar-refractivity contribution is 7.98. The molecule has 1 aromatic heterocycles. The Labute approximate surface area is 93.5 Å². The zero-order chi connectivity index (χ0) is 10.5. The summed E-state index contributed by atoms with van der Waals surface area (Å²) in [6.45, 7) is 0. The lowest BCUT2D eigenvalue weighted by Crippen LogP contribution is -1.94. The van der Waals surface area contributed by atoms with E-state index in [1.54, 1.807) is 18.0 Å². The third kappa shape index (κ3) is 2.73. The Morgan fingerprint density at radius 1 is 1.07 bits per heavy atom. The highest BCUT2D eigenvalue weighted by Gasteiger charge is 1.99. The van der Waals surface area contributed by atoms with Crippen molar-refractivity contribution in [3.8, 4) is 0 Å². The fourth-order valence-corrected chi connectivity index (χ4v) is 2.17. The molecule has 0 bridgehead atoms. The molecule has 0 aliphatic carbocycles. The molecule has 76 valence electrons. The van der Waals surface area contributed by atoms with Crippen molar-refractivity contribution < 1.29 is 0 Å². The first-order chi connectivity index (χ1) is 7.36. The molecule has 0 atom stereocenters. The van der Waals surface area contributed by atoms with Crippen molar-refractivity contribution in [2.24, 2.45) is 0 Å². The van der Waals surface area contributed by atoms with Gasteiger partial charge in [0.25, 0.3) is 0 Å². The molecular weight excluding hydrogens is 204 g/mol. The molecule has 2 aromatic rings. The second-order valence-electron chi connectivity index (χ2n) is 3.15. The third-order valence-electron chi connectivity index (χ3n) is 2.06. The quantitative estimate of drug-likeness (QED) is 0.802. The number of benzene rings is 1. The average Bonchev–Trinajstić information content (AvgIpc) is 2.29. The van der Waals surface area contributed by atoms with Crippen LogP contribution in [0.25, 0.3) is 0 Å². The van der Waals surface area contributed by atoms with Crippen LogP contribution in [0.5, 0.6) is 0 Å². The highest BCUT2D eigenvalue weighted by atomic mass is 32.2. The minimum Gasteiger partial charge on any atom is -0.383 e. The van der Waals surface area contributed by atoms with E-state index in [1.165, 1.54) is 4.90 Å². The van der Waals surface area contributed by atoms with Crippen molar-refractivity contribution in [1.29, 1.82) is 0 Å². The number of hydrogen-bond acceptors (Lipinski definition) is 3. The summed E-state index contributed by atoms with van der Waals surface area (Å²) in [5.41, 5.74) is 6.85. The topological polar surface area (TPSA) is 38.9 Å². The second kappa shape index (κ2) is 4.84. The summed E-state index contributed by atoms with van der Waals surface area (Å²) in [5.74, 6) is 1.49. The standard InChI is InChI=1S/C12H12N2S/c13-12-10(5-4-8-14-12)9-15-11-6-2-1-3-7-11/h1-8H,9H2,(H2,13,14). The number of nitrogen functional groups attached to an aromatic ring is 1. The molecule has 2 N–H and O–H groups in total. The first-order valence-corrected chi connectivity index (χ1v) is 5.72. The van der Waals surface area contributed by atoms with Gasteiger partial charge in [0.05, 0.1) is 0 Å². The van der Waals surface area contributed by atoms with Crippen LogP contribution in [0, 0.1) is 0 Å². The summed E-state index contributed by atoms with van der Waals surface area (Å²) >= 11 is 1.77. The van der Waals surface area contributed by atoms with Crippen LogP contribution in [0.15, 0.2) is 53.6 Å². The van der Waals surface area contributed by atoms with Crippen LogP contribution < -0.4 is 5.73 Å². The van der Waals surface area contributed by atoms with Crippen molar-refractivity contribution in [2.75, 3.05) is 5.73 Å². The molecule has 0 spiro atoms. The number of hydrogen-bond donors (Lipinski definition) is 1. The molecule has 3 heteroatoms. The summed E-state index contributed by atoms with van der Waals surface area (Å²) in [6.07, 6.45) is 1.71. The van der Waals surface area contributed by atoms with Gasteiger partial charge >= 0.3 is 0 Å². The van der Waals surface area contributed by atoms with Crippen molar-refractivity contribution in [3.05, 3.63) is 54.2 Å². The number of aromatic nitrogens is 1. The zero-order valence-corrected chi connectivity index (χ0v) is 9.08. The SMILES string of the molecule is Nc1ncccc1CSc1ccccc1. The van der Waals surface area contributed by atoms with E-state index in [4.69, 9.17) is 5.73 Å². The Morgan fingerprint density at radius 3 is 2.60 bits per heavy atom. The average molecular weight is 216 g/mol. The molecule has 2 nitrogen and oxygen atoms in total. The fourth-order valence-electron chi connectivity index (χ4n) is 1.25. The lowest BCUT2D eigenvalue weighted by molar-refractivity contribution is 1.26. The number of anilines is 1. The van der Waals surface area contributed by atoms with E-state index in [2.05, 4.69) is 17.1 Å². The molecule has 2 rings (SSSR count). The molecule has 0 amide bonds. The van der Waals surface area contributed by atoms with Crippen LogP contribution in [0.4, 0.5) is 5.82 Å². The first kappa shape index (κ1) is 10.1. The van der Waals surface area contributed by atoms with Crippen molar-refractivity contribution in [1.82, 2.24) is 4.98 Å². The largest absolute Gasteiger partial charge is 0.383 e. The monoisotopic (exact) mass is 216 g/mol. The highest BCUT2D eigenvalue weighted by Crippen LogP contribution is 2.23. The maximum atomic E-state index is 5.76. The Kier molecular flexibility index (Phi) is 3.25. The number of thioether (sulfide) groups is 1. The van der Waals surface area contributed by atoms with Gasteiger partial charge < -0.3 is 5.73 Å². The summed E-state index contributed by atoms with van der Waals surface area (Å²) in [7, 11) is 0. The fraction of sp³-hybridized carbons (Fsp3) is 0.0833. The van der Waals surface area contributed by atoms with Crippen molar-refractivity contribution in [3.63, 3.8) is 0 Å². The van der Waals surface area contributed by atoms with Crippen molar-refractivity contribution >= 4 is 17.6 Å². The number of rotatable bonds is 3. The summed E-state index contributed by atoms with van der Waals surface area (Å²) in [6, 6.07) is 14.2. The van der Waals surface area contributed by atoms with E-state index in [0.29, 0.717) is 5.82 Å². The van der Waals surface area contributed by atoms with E-state index in [1.807, 2.05) is 30.3 Å². The van der Waals surface area contributed by atoms with Crippen LogP contribution in [0.2, 0.25) is 0 Å². The van der Waals surface area contributed by atoms with Crippen LogP contribution in [-0.2, 0) is 5.75 Å². The molecule has 0 saturated carbocycles. The summed E-state index contributed by atoms with van der Waals surface area (Å²) in [4.78, 5) is 5.31. The van der Waals surface area contributed by atoms with E-state index >= 15 is 0 Å². The molecule has 0 radical (unpaired) electrons. The van der Waals surface area contributed by atoms with Gasteiger partial charge in [-0.2, -0.15) is 0 Å². The summed E-state index contributed by atoms with van der Waals surface area (Å²) < 4.78 is 0. The van der Waals surface area contributed by atoms with Gasteiger partial charge in [0.1, 0.15) is 5.82 Å². The van der Waals surface area contributed by atoms with Gasteiger partial charge in [-0.1, -0.05) is 24.3 Å². The molecule has 0 aliphatic heterocycles. The van der Waals surface area contributed by atoms with Gasteiger partial charge in [0, 0.05) is 22.4 Å². The summed E-state index contributed by atoms with van der Waals surface area (Å²) in [5, 5.41) is 0. The van der Waals surface area contributed by atoms with Gasteiger partial charge in [-0.05, 0) is 18.2 Å². The van der Waals surface area contributed by atoms with Crippen LogP contribution in [0.3, 0.4) is 0 Å². The molecule has 1 heterocycles. The molecule has 0 saturated heterocycles.